The molecule has 0 saturated heterocycles. The zero-order chi connectivity index (χ0) is 14.7. The van der Waals surface area contributed by atoms with E-state index in [1.165, 1.54) is 6.07 Å². The van der Waals surface area contributed by atoms with Crippen LogP contribution in [0.25, 0.3) is 0 Å². The molecule has 0 fully saturated rings. The second-order valence-electron chi connectivity index (χ2n) is 5.13. The Bertz CT molecular complexity index is 593. The Morgan fingerprint density at radius 2 is 2.15 bits per heavy atom. The smallest absolute Gasteiger partial charge is 0.137 e. The second kappa shape index (κ2) is 6.50. The number of hydrogen-bond donors (Lipinski definition) is 1. The Kier molecular flexibility index (Phi) is 4.94. The van der Waals surface area contributed by atoms with Crippen molar-refractivity contribution in [3.8, 4) is 0 Å². The molecule has 0 saturated carbocycles. The minimum Gasteiger partial charge on any atom is -0.327 e. The van der Waals surface area contributed by atoms with Crippen molar-refractivity contribution in [2.45, 2.75) is 39.9 Å². The quantitative estimate of drug-likeness (QED) is 0.901. The maximum atomic E-state index is 13.6. The van der Waals surface area contributed by atoms with Gasteiger partial charge in [-0.05, 0) is 34.5 Å². The number of nitrogens with one attached hydrogen (secondary N) is 1. The molecule has 0 aliphatic carbocycles. The first-order valence-electron chi connectivity index (χ1n) is 6.66. The van der Waals surface area contributed by atoms with E-state index in [4.69, 9.17) is 0 Å². The first-order valence-corrected chi connectivity index (χ1v) is 7.45. The van der Waals surface area contributed by atoms with Crippen molar-refractivity contribution in [2.75, 3.05) is 0 Å². The van der Waals surface area contributed by atoms with E-state index in [1.807, 2.05) is 19.2 Å². The van der Waals surface area contributed by atoms with Crippen LogP contribution in [0.2, 0.25) is 0 Å². The number of benzene rings is 1. The van der Waals surface area contributed by atoms with Crippen LogP contribution in [-0.4, -0.2) is 15.6 Å². The van der Waals surface area contributed by atoms with Crippen LogP contribution in [0.15, 0.2) is 28.9 Å². The van der Waals surface area contributed by atoms with E-state index < -0.39 is 0 Å². The fourth-order valence-electron chi connectivity index (χ4n) is 2.02. The lowest BCUT2D eigenvalue weighted by molar-refractivity contribution is 0.560. The highest BCUT2D eigenvalue weighted by atomic mass is 79.9. The van der Waals surface area contributed by atoms with Gasteiger partial charge in [0.1, 0.15) is 11.6 Å². The molecule has 1 aromatic heterocycles. The van der Waals surface area contributed by atoms with Gasteiger partial charge in [0.05, 0.1) is 16.7 Å². The Morgan fingerprint density at radius 3 is 2.85 bits per heavy atom. The summed E-state index contributed by atoms with van der Waals surface area (Å²) in [6.45, 7) is 7.55. The molecule has 0 bridgehead atoms. The van der Waals surface area contributed by atoms with Crippen LogP contribution in [-0.2, 0) is 13.1 Å². The van der Waals surface area contributed by atoms with Crippen molar-refractivity contribution in [1.82, 2.24) is 14.9 Å². The SMILES string of the molecule is Cc1ncc(CNC(C)C)n1Cc1cccc(F)c1Br. The van der Waals surface area contributed by atoms with Crippen molar-refractivity contribution < 1.29 is 4.39 Å². The largest absolute Gasteiger partial charge is 0.327 e. The summed E-state index contributed by atoms with van der Waals surface area (Å²) in [5, 5.41) is 3.38. The number of nitrogens with zero attached hydrogens (tertiary/aromatic N) is 2. The lowest BCUT2D eigenvalue weighted by atomic mass is 10.2. The van der Waals surface area contributed by atoms with Crippen molar-refractivity contribution >= 4 is 15.9 Å². The molecule has 0 unspecified atom stereocenters. The van der Waals surface area contributed by atoms with Gasteiger partial charge in [0, 0.05) is 18.8 Å². The lowest BCUT2D eigenvalue weighted by Gasteiger charge is -2.14. The van der Waals surface area contributed by atoms with Crippen LogP contribution in [0.5, 0.6) is 0 Å². The van der Waals surface area contributed by atoms with Crippen LogP contribution < -0.4 is 5.32 Å². The molecule has 108 valence electrons. The molecule has 1 aromatic carbocycles. The van der Waals surface area contributed by atoms with Gasteiger partial charge in [-0.15, -0.1) is 0 Å². The molecule has 0 radical (unpaired) electrons. The monoisotopic (exact) mass is 339 g/mol. The number of hydrogen-bond acceptors (Lipinski definition) is 2. The van der Waals surface area contributed by atoms with E-state index in [9.17, 15) is 4.39 Å². The molecule has 1 heterocycles. The first kappa shape index (κ1) is 15.2. The maximum Gasteiger partial charge on any atom is 0.137 e. The summed E-state index contributed by atoms with van der Waals surface area (Å²) in [5.41, 5.74) is 2.02. The standard InChI is InChI=1S/C15H19BrFN3/c1-10(2)18-7-13-8-19-11(3)20(13)9-12-5-4-6-14(17)15(12)16/h4-6,8,10,18H,7,9H2,1-3H3. The number of rotatable bonds is 5. The van der Waals surface area contributed by atoms with Gasteiger partial charge in [0.25, 0.3) is 0 Å². The van der Waals surface area contributed by atoms with Gasteiger partial charge in [-0.3, -0.25) is 0 Å². The summed E-state index contributed by atoms with van der Waals surface area (Å²) in [6, 6.07) is 5.52. The zero-order valence-electron chi connectivity index (χ0n) is 12.0. The molecule has 0 aliphatic heterocycles. The third-order valence-corrected chi connectivity index (χ3v) is 4.08. The van der Waals surface area contributed by atoms with Crippen molar-refractivity contribution in [2.24, 2.45) is 0 Å². The number of aromatic nitrogens is 2. The summed E-state index contributed by atoms with van der Waals surface area (Å²) < 4.78 is 16.2. The Labute approximate surface area is 127 Å². The van der Waals surface area contributed by atoms with E-state index in [1.54, 1.807) is 6.07 Å². The molecule has 0 atom stereocenters. The third kappa shape index (κ3) is 3.46. The molecule has 0 spiro atoms. The molecule has 1 N–H and O–H groups in total. The highest BCUT2D eigenvalue weighted by molar-refractivity contribution is 9.10. The molecular formula is C15H19BrFN3. The summed E-state index contributed by atoms with van der Waals surface area (Å²) in [7, 11) is 0. The number of halogens is 2. The van der Waals surface area contributed by atoms with Gasteiger partial charge < -0.3 is 9.88 Å². The normalized spacial score (nSPS) is 11.3. The average Bonchev–Trinajstić information content (AvgIpc) is 2.74. The van der Waals surface area contributed by atoms with Crippen LogP contribution in [0, 0.1) is 12.7 Å². The Hall–Kier alpha value is -1.20. The maximum absolute atomic E-state index is 13.6. The molecular weight excluding hydrogens is 321 g/mol. The van der Waals surface area contributed by atoms with E-state index in [2.05, 4.69) is 44.6 Å². The van der Waals surface area contributed by atoms with Gasteiger partial charge in [-0.25, -0.2) is 9.37 Å². The molecule has 0 aliphatic rings. The second-order valence-corrected chi connectivity index (χ2v) is 5.92. The van der Waals surface area contributed by atoms with E-state index in [0.717, 1.165) is 23.6 Å². The van der Waals surface area contributed by atoms with Gasteiger partial charge in [-0.1, -0.05) is 26.0 Å². The van der Waals surface area contributed by atoms with Crippen LogP contribution in [0.3, 0.4) is 0 Å². The van der Waals surface area contributed by atoms with Gasteiger partial charge in [-0.2, -0.15) is 0 Å². The fourth-order valence-corrected chi connectivity index (χ4v) is 2.41. The van der Waals surface area contributed by atoms with Crippen molar-refractivity contribution in [3.63, 3.8) is 0 Å². The van der Waals surface area contributed by atoms with Crippen molar-refractivity contribution in [1.29, 1.82) is 0 Å². The predicted molar refractivity (Wildman–Crippen MR) is 82.1 cm³/mol. The molecule has 2 aromatic rings. The molecule has 2 rings (SSSR count). The van der Waals surface area contributed by atoms with Gasteiger partial charge in [0.2, 0.25) is 0 Å². The fraction of sp³-hybridized carbons (Fsp3) is 0.400. The third-order valence-electron chi connectivity index (χ3n) is 3.19. The van der Waals surface area contributed by atoms with Crippen LogP contribution in [0.1, 0.15) is 30.9 Å². The minimum atomic E-state index is -0.234. The first-order chi connectivity index (χ1) is 9.49. The average molecular weight is 340 g/mol. The number of imidazole rings is 1. The minimum absolute atomic E-state index is 0.234. The molecule has 20 heavy (non-hydrogen) atoms. The summed E-state index contributed by atoms with van der Waals surface area (Å²) >= 11 is 3.31. The van der Waals surface area contributed by atoms with Gasteiger partial charge in [0.15, 0.2) is 0 Å². The topological polar surface area (TPSA) is 29.9 Å². The highest BCUT2D eigenvalue weighted by Crippen LogP contribution is 2.22. The zero-order valence-corrected chi connectivity index (χ0v) is 13.5. The van der Waals surface area contributed by atoms with E-state index in [-0.39, 0.29) is 5.82 Å². The van der Waals surface area contributed by atoms with E-state index >= 15 is 0 Å². The summed E-state index contributed by atoms with van der Waals surface area (Å²) in [6.07, 6.45) is 1.87. The highest BCUT2D eigenvalue weighted by Gasteiger charge is 2.11. The summed E-state index contributed by atoms with van der Waals surface area (Å²) in [5.74, 6) is 0.698. The van der Waals surface area contributed by atoms with Crippen LogP contribution in [0.4, 0.5) is 4.39 Å². The van der Waals surface area contributed by atoms with Gasteiger partial charge >= 0.3 is 0 Å². The van der Waals surface area contributed by atoms with Crippen LogP contribution >= 0.6 is 15.9 Å². The van der Waals surface area contributed by atoms with E-state index in [0.29, 0.717) is 17.1 Å². The molecule has 0 amide bonds. The van der Waals surface area contributed by atoms with Crippen molar-refractivity contribution in [3.05, 3.63) is 51.8 Å². The molecule has 3 nitrogen and oxygen atoms in total. The molecule has 5 heteroatoms. The summed E-state index contributed by atoms with van der Waals surface area (Å²) in [4.78, 5) is 4.36. The Balaban J connectivity index is 2.24. The Morgan fingerprint density at radius 1 is 1.40 bits per heavy atom. The predicted octanol–water partition coefficient (Wildman–Crippen LogP) is 3.64. The number of aryl methyl sites for hydroxylation is 1. The lowest BCUT2D eigenvalue weighted by Crippen LogP contribution is -2.23.